The molecule has 0 amide bonds. The van der Waals surface area contributed by atoms with Crippen molar-refractivity contribution in [1.82, 2.24) is 9.88 Å². The van der Waals surface area contributed by atoms with Gasteiger partial charge in [-0.1, -0.05) is 6.07 Å². The summed E-state index contributed by atoms with van der Waals surface area (Å²) in [6.45, 7) is 1.40. The number of nitrogens with zero attached hydrogens (tertiary/aromatic N) is 2. The van der Waals surface area contributed by atoms with Crippen molar-refractivity contribution >= 4 is 11.1 Å². The van der Waals surface area contributed by atoms with E-state index in [0.29, 0.717) is 12.1 Å². The lowest BCUT2D eigenvalue weighted by atomic mass is 10.1. The maximum atomic E-state index is 11.4. The average molecular weight is 257 g/mol. The van der Waals surface area contributed by atoms with Gasteiger partial charge >= 0.3 is 5.76 Å². The summed E-state index contributed by atoms with van der Waals surface area (Å²) in [6, 6.07) is 8.08. The van der Waals surface area contributed by atoms with E-state index in [0.717, 1.165) is 30.5 Å². The predicted molar refractivity (Wildman–Crippen MR) is 70.4 cm³/mol. The third-order valence-electron chi connectivity index (χ3n) is 3.74. The Balaban J connectivity index is 1.72. The van der Waals surface area contributed by atoms with Gasteiger partial charge in [-0.15, -0.1) is 0 Å². The molecule has 19 heavy (non-hydrogen) atoms. The van der Waals surface area contributed by atoms with Crippen molar-refractivity contribution in [2.45, 2.75) is 19.4 Å². The molecule has 98 valence electrons. The minimum absolute atomic E-state index is 0.136. The van der Waals surface area contributed by atoms with E-state index in [1.165, 1.54) is 4.57 Å². The van der Waals surface area contributed by atoms with E-state index in [4.69, 9.17) is 9.68 Å². The molecule has 1 aromatic carbocycles. The van der Waals surface area contributed by atoms with Crippen LogP contribution in [-0.2, 0) is 13.6 Å². The number of nitriles is 1. The largest absolute Gasteiger partial charge is 0.419 e. The molecule has 5 heteroatoms. The van der Waals surface area contributed by atoms with Gasteiger partial charge in [0.15, 0.2) is 5.58 Å². The van der Waals surface area contributed by atoms with E-state index in [9.17, 15) is 4.79 Å². The highest BCUT2D eigenvalue weighted by Crippen LogP contribution is 2.44. The summed E-state index contributed by atoms with van der Waals surface area (Å²) in [5, 5.41) is 12.3. The number of aromatic nitrogens is 1. The molecule has 1 fully saturated rings. The van der Waals surface area contributed by atoms with Crippen molar-refractivity contribution in [2.75, 3.05) is 6.54 Å². The van der Waals surface area contributed by atoms with E-state index in [1.807, 2.05) is 18.2 Å². The van der Waals surface area contributed by atoms with Gasteiger partial charge in [0.1, 0.15) is 0 Å². The standard InChI is InChI=1S/C14H15N3O2/c1-17-11-3-2-10(6-12(11)19-13(17)18)7-16-9-14(8-15)4-5-14/h2-3,6,16H,4-5,7,9H2,1H3. The second-order valence-electron chi connectivity index (χ2n) is 5.22. The van der Waals surface area contributed by atoms with Gasteiger partial charge in [-0.3, -0.25) is 4.57 Å². The van der Waals surface area contributed by atoms with Gasteiger partial charge in [-0.05, 0) is 30.5 Å². The third kappa shape index (κ3) is 2.15. The molecule has 1 N–H and O–H groups in total. The number of hydrogen-bond acceptors (Lipinski definition) is 4. The van der Waals surface area contributed by atoms with Crippen LogP contribution >= 0.6 is 0 Å². The van der Waals surface area contributed by atoms with Crippen molar-refractivity contribution in [1.29, 1.82) is 5.26 Å². The quantitative estimate of drug-likeness (QED) is 0.901. The zero-order chi connectivity index (χ0) is 13.5. The van der Waals surface area contributed by atoms with Crippen LogP contribution in [-0.4, -0.2) is 11.1 Å². The number of hydrogen-bond donors (Lipinski definition) is 1. The maximum Gasteiger partial charge on any atom is 0.419 e. The summed E-state index contributed by atoms with van der Waals surface area (Å²) >= 11 is 0. The number of nitrogens with one attached hydrogen (secondary N) is 1. The molecule has 0 atom stereocenters. The summed E-state index contributed by atoms with van der Waals surface area (Å²) in [6.07, 6.45) is 1.98. The normalized spacial score (nSPS) is 16.4. The number of fused-ring (bicyclic) bond motifs is 1. The Bertz CT molecular complexity index is 716. The summed E-state index contributed by atoms with van der Waals surface area (Å²) in [4.78, 5) is 11.4. The van der Waals surface area contributed by atoms with Crippen LogP contribution in [0.3, 0.4) is 0 Å². The van der Waals surface area contributed by atoms with Crippen LogP contribution in [0.2, 0.25) is 0 Å². The van der Waals surface area contributed by atoms with Gasteiger partial charge in [0.2, 0.25) is 0 Å². The fourth-order valence-electron chi connectivity index (χ4n) is 2.21. The zero-order valence-corrected chi connectivity index (χ0v) is 10.8. The monoisotopic (exact) mass is 257 g/mol. The smallest absolute Gasteiger partial charge is 0.408 e. The fourth-order valence-corrected chi connectivity index (χ4v) is 2.21. The van der Waals surface area contributed by atoms with Crippen LogP contribution < -0.4 is 11.1 Å². The topological polar surface area (TPSA) is 71.0 Å². The maximum absolute atomic E-state index is 11.4. The second-order valence-corrected chi connectivity index (χ2v) is 5.22. The Hall–Kier alpha value is -2.06. The van der Waals surface area contributed by atoms with Gasteiger partial charge in [-0.2, -0.15) is 5.26 Å². The lowest BCUT2D eigenvalue weighted by Crippen LogP contribution is -2.22. The first kappa shape index (κ1) is 12.0. The number of rotatable bonds is 4. The molecule has 2 aromatic rings. The minimum Gasteiger partial charge on any atom is -0.408 e. The summed E-state index contributed by atoms with van der Waals surface area (Å²) in [7, 11) is 1.69. The molecule has 0 aliphatic heterocycles. The summed E-state index contributed by atoms with van der Waals surface area (Å²) in [5.41, 5.74) is 2.32. The highest BCUT2D eigenvalue weighted by atomic mass is 16.4. The van der Waals surface area contributed by atoms with Gasteiger partial charge in [-0.25, -0.2) is 4.79 Å². The highest BCUT2D eigenvalue weighted by Gasteiger charge is 2.42. The molecule has 1 aliphatic rings. The number of benzene rings is 1. The fraction of sp³-hybridized carbons (Fsp3) is 0.429. The summed E-state index contributed by atoms with van der Waals surface area (Å²) < 4.78 is 6.63. The lowest BCUT2D eigenvalue weighted by molar-refractivity contribution is 0.527. The van der Waals surface area contributed by atoms with Crippen LogP contribution in [0, 0.1) is 16.7 Å². The first-order valence-electron chi connectivity index (χ1n) is 6.34. The molecular weight excluding hydrogens is 242 g/mol. The lowest BCUT2D eigenvalue weighted by Gasteiger charge is -2.07. The molecule has 1 heterocycles. The van der Waals surface area contributed by atoms with Crippen LogP contribution in [0.15, 0.2) is 27.4 Å². The number of oxazole rings is 1. The van der Waals surface area contributed by atoms with Gasteiger partial charge in [0.25, 0.3) is 0 Å². The average Bonchev–Trinajstić information content (AvgIpc) is 3.13. The van der Waals surface area contributed by atoms with Crippen molar-refractivity contribution in [3.05, 3.63) is 34.3 Å². The van der Waals surface area contributed by atoms with Gasteiger partial charge in [0.05, 0.1) is 17.0 Å². The van der Waals surface area contributed by atoms with Crippen LogP contribution in [0.5, 0.6) is 0 Å². The Morgan fingerprint density at radius 2 is 2.32 bits per heavy atom. The Morgan fingerprint density at radius 3 is 3.00 bits per heavy atom. The second kappa shape index (κ2) is 4.25. The van der Waals surface area contributed by atoms with Crippen molar-refractivity contribution < 1.29 is 4.42 Å². The van der Waals surface area contributed by atoms with Crippen molar-refractivity contribution in [3.63, 3.8) is 0 Å². The van der Waals surface area contributed by atoms with Gasteiger partial charge in [0, 0.05) is 20.1 Å². The van der Waals surface area contributed by atoms with Crippen LogP contribution in [0.25, 0.3) is 11.1 Å². The predicted octanol–water partition coefficient (Wildman–Crippen LogP) is 1.52. The van der Waals surface area contributed by atoms with Crippen LogP contribution in [0.4, 0.5) is 0 Å². The highest BCUT2D eigenvalue weighted by molar-refractivity contribution is 5.73. The van der Waals surface area contributed by atoms with E-state index in [-0.39, 0.29) is 11.2 Å². The zero-order valence-electron chi connectivity index (χ0n) is 10.8. The first-order chi connectivity index (χ1) is 9.13. The van der Waals surface area contributed by atoms with Crippen LogP contribution in [0.1, 0.15) is 18.4 Å². The Labute approximate surface area is 110 Å². The molecule has 0 saturated heterocycles. The molecule has 0 radical (unpaired) electrons. The number of aryl methyl sites for hydroxylation is 1. The molecule has 1 aromatic heterocycles. The molecular formula is C14H15N3O2. The molecule has 0 bridgehead atoms. The van der Waals surface area contributed by atoms with Gasteiger partial charge < -0.3 is 9.73 Å². The minimum atomic E-state index is -0.346. The molecule has 3 rings (SSSR count). The van der Waals surface area contributed by atoms with E-state index in [2.05, 4.69) is 11.4 Å². The van der Waals surface area contributed by atoms with E-state index < -0.39 is 0 Å². The van der Waals surface area contributed by atoms with E-state index in [1.54, 1.807) is 7.05 Å². The molecule has 1 saturated carbocycles. The van der Waals surface area contributed by atoms with E-state index >= 15 is 0 Å². The molecule has 0 unspecified atom stereocenters. The SMILES string of the molecule is Cn1c(=O)oc2cc(CNCC3(C#N)CC3)ccc21. The Morgan fingerprint density at radius 1 is 1.53 bits per heavy atom. The van der Waals surface area contributed by atoms with Crippen molar-refractivity contribution in [2.24, 2.45) is 12.5 Å². The first-order valence-corrected chi connectivity index (χ1v) is 6.34. The van der Waals surface area contributed by atoms with Crippen molar-refractivity contribution in [3.8, 4) is 6.07 Å². The third-order valence-corrected chi connectivity index (χ3v) is 3.74. The molecule has 1 aliphatic carbocycles. The molecule has 0 spiro atoms. The Kier molecular flexibility index (Phi) is 2.68. The molecule has 5 nitrogen and oxygen atoms in total. The summed E-state index contributed by atoms with van der Waals surface area (Å²) in [5.74, 6) is -0.346.